The van der Waals surface area contributed by atoms with Gasteiger partial charge in [-0.2, -0.15) is 0 Å². The number of carbonyl (C=O) groups is 2. The van der Waals surface area contributed by atoms with Crippen molar-refractivity contribution in [2.45, 2.75) is 25.8 Å². The molecule has 8 heteroatoms. The molecule has 0 spiro atoms. The number of hydrogen-bond acceptors (Lipinski definition) is 6. The number of hydrogen-bond donors (Lipinski definition) is 2. The molecule has 1 saturated heterocycles. The van der Waals surface area contributed by atoms with E-state index in [1.807, 2.05) is 0 Å². The quantitative estimate of drug-likeness (QED) is 0.673. The van der Waals surface area contributed by atoms with E-state index in [-0.39, 0.29) is 18.4 Å². The highest BCUT2D eigenvalue weighted by molar-refractivity contribution is 5.73. The maximum Gasteiger partial charge on any atom is 0.407 e. The molecule has 1 atom stereocenters. The van der Waals surface area contributed by atoms with E-state index < -0.39 is 6.09 Å². The summed E-state index contributed by atoms with van der Waals surface area (Å²) < 4.78 is 16.1. The third kappa shape index (κ3) is 5.80. The summed E-state index contributed by atoms with van der Waals surface area (Å²) in [5, 5.41) is 12.4. The van der Waals surface area contributed by atoms with Crippen LogP contribution in [0.15, 0.2) is 18.2 Å². The van der Waals surface area contributed by atoms with Crippen LogP contribution in [-0.2, 0) is 16.0 Å². The molecule has 1 heterocycles. The number of esters is 1. The van der Waals surface area contributed by atoms with Crippen LogP contribution in [0.25, 0.3) is 0 Å². The maximum atomic E-state index is 11.6. The zero-order valence-electron chi connectivity index (χ0n) is 15.2. The molecule has 1 aromatic carbocycles. The molecule has 1 fully saturated rings. The minimum Gasteiger partial charge on any atom is -0.493 e. The molecule has 26 heavy (non-hydrogen) atoms. The van der Waals surface area contributed by atoms with Gasteiger partial charge >= 0.3 is 12.1 Å². The lowest BCUT2D eigenvalue weighted by molar-refractivity contribution is -0.142. The Balaban J connectivity index is 1.86. The molecule has 1 amide bonds. The first-order valence-corrected chi connectivity index (χ1v) is 8.70. The first-order valence-electron chi connectivity index (χ1n) is 8.70. The number of nitrogens with one attached hydrogen (secondary N) is 1. The van der Waals surface area contributed by atoms with Crippen LogP contribution >= 0.6 is 0 Å². The number of carboxylic acid groups (broad SMARTS) is 1. The Morgan fingerprint density at radius 1 is 1.35 bits per heavy atom. The van der Waals surface area contributed by atoms with Gasteiger partial charge in [0.2, 0.25) is 0 Å². The Bertz CT molecular complexity index is 622. The Morgan fingerprint density at radius 2 is 2.15 bits per heavy atom. The molecule has 0 unspecified atom stereocenters. The van der Waals surface area contributed by atoms with Crippen molar-refractivity contribution in [3.63, 3.8) is 0 Å². The molecule has 1 aliphatic heterocycles. The largest absolute Gasteiger partial charge is 0.493 e. The molecule has 0 radical (unpaired) electrons. The van der Waals surface area contributed by atoms with E-state index in [1.165, 1.54) is 4.90 Å². The smallest absolute Gasteiger partial charge is 0.407 e. The lowest BCUT2D eigenvalue weighted by Crippen LogP contribution is -2.52. The average molecular weight is 366 g/mol. The molecular weight excluding hydrogens is 340 g/mol. The van der Waals surface area contributed by atoms with Crippen LogP contribution in [0.1, 0.15) is 18.9 Å². The summed E-state index contributed by atoms with van der Waals surface area (Å²) in [5.41, 5.74) is 0.790. The van der Waals surface area contributed by atoms with Crippen LogP contribution in [0, 0.1) is 0 Å². The van der Waals surface area contributed by atoms with Crippen LogP contribution in [0.2, 0.25) is 0 Å². The Hall–Kier alpha value is -2.48. The zero-order valence-corrected chi connectivity index (χ0v) is 15.2. The van der Waals surface area contributed by atoms with E-state index in [0.717, 1.165) is 5.56 Å². The van der Waals surface area contributed by atoms with E-state index >= 15 is 0 Å². The number of ether oxygens (including phenoxy) is 3. The van der Waals surface area contributed by atoms with E-state index in [1.54, 1.807) is 32.2 Å². The van der Waals surface area contributed by atoms with Crippen LogP contribution < -0.4 is 14.8 Å². The number of rotatable bonds is 8. The maximum absolute atomic E-state index is 11.6. The van der Waals surface area contributed by atoms with E-state index in [2.05, 4.69) is 5.32 Å². The summed E-state index contributed by atoms with van der Waals surface area (Å²) in [6.45, 7) is 4.15. The predicted octanol–water partition coefficient (Wildman–Crippen LogP) is 1.52. The van der Waals surface area contributed by atoms with Gasteiger partial charge in [-0.25, -0.2) is 4.79 Å². The monoisotopic (exact) mass is 366 g/mol. The molecule has 0 bridgehead atoms. The third-order valence-corrected chi connectivity index (χ3v) is 4.13. The Kier molecular flexibility index (Phi) is 7.53. The fourth-order valence-electron chi connectivity index (χ4n) is 2.82. The summed E-state index contributed by atoms with van der Waals surface area (Å²) >= 11 is 0. The summed E-state index contributed by atoms with van der Waals surface area (Å²) in [7, 11) is 1.55. The first kappa shape index (κ1) is 19.8. The van der Waals surface area contributed by atoms with Crippen molar-refractivity contribution in [1.82, 2.24) is 10.2 Å². The van der Waals surface area contributed by atoms with E-state index in [9.17, 15) is 9.59 Å². The van der Waals surface area contributed by atoms with Crippen LogP contribution in [-0.4, -0.2) is 68.1 Å². The molecular formula is C18H26N2O6. The summed E-state index contributed by atoms with van der Waals surface area (Å²) in [6.07, 6.45) is -0.0322. The highest BCUT2D eigenvalue weighted by Gasteiger charge is 2.22. The third-order valence-electron chi connectivity index (χ3n) is 4.13. The lowest BCUT2D eigenvalue weighted by Gasteiger charge is -2.31. The van der Waals surface area contributed by atoms with Crippen molar-refractivity contribution in [2.24, 2.45) is 0 Å². The lowest BCUT2D eigenvalue weighted by atomic mass is 10.1. The Labute approximate surface area is 153 Å². The number of nitrogens with zero attached hydrogens (tertiary/aromatic N) is 1. The van der Waals surface area contributed by atoms with E-state index in [0.29, 0.717) is 50.8 Å². The first-order chi connectivity index (χ1) is 12.5. The normalized spacial score (nSPS) is 16.8. The molecule has 0 aliphatic carbocycles. The fourth-order valence-corrected chi connectivity index (χ4v) is 2.82. The zero-order chi connectivity index (χ0) is 18.9. The topological polar surface area (TPSA) is 97.3 Å². The molecule has 1 aliphatic rings. The van der Waals surface area contributed by atoms with Crippen LogP contribution in [0.4, 0.5) is 4.79 Å². The second kappa shape index (κ2) is 9.86. The summed E-state index contributed by atoms with van der Waals surface area (Å²) in [6, 6.07) is 5.40. The van der Waals surface area contributed by atoms with Crippen molar-refractivity contribution in [2.75, 3.05) is 40.0 Å². The minimum atomic E-state index is -0.892. The predicted molar refractivity (Wildman–Crippen MR) is 94.8 cm³/mol. The summed E-state index contributed by atoms with van der Waals surface area (Å²) in [5.74, 6) is 0.858. The molecule has 0 saturated carbocycles. The van der Waals surface area contributed by atoms with Gasteiger partial charge in [-0.05, 0) is 31.0 Å². The van der Waals surface area contributed by atoms with Gasteiger partial charge in [0.15, 0.2) is 11.5 Å². The average Bonchev–Trinajstić information content (AvgIpc) is 2.63. The number of amides is 1. The summed E-state index contributed by atoms with van der Waals surface area (Å²) in [4.78, 5) is 24.0. The number of benzene rings is 1. The molecule has 2 rings (SSSR count). The van der Waals surface area contributed by atoms with Gasteiger partial charge in [0.25, 0.3) is 0 Å². The van der Waals surface area contributed by atoms with Crippen molar-refractivity contribution in [1.29, 1.82) is 0 Å². The van der Waals surface area contributed by atoms with Crippen molar-refractivity contribution >= 4 is 12.1 Å². The van der Waals surface area contributed by atoms with Gasteiger partial charge in [-0.3, -0.25) is 4.79 Å². The standard InChI is InChI=1S/C18H26N2O6/c1-3-25-17(21)11-13-4-5-15(16(10-13)24-2)26-9-6-14-12-20(18(22)23)8-7-19-14/h4-5,10,14,19H,3,6-9,11-12H2,1-2H3,(H,22,23)/t14-/m1/s1. The Morgan fingerprint density at radius 3 is 2.85 bits per heavy atom. The fraction of sp³-hybridized carbons (Fsp3) is 0.556. The van der Waals surface area contributed by atoms with Gasteiger partial charge in [0, 0.05) is 25.7 Å². The minimum absolute atomic E-state index is 0.0638. The molecule has 8 nitrogen and oxygen atoms in total. The SMILES string of the molecule is CCOC(=O)Cc1ccc(OCC[C@@H]2CN(C(=O)O)CCN2)c(OC)c1. The van der Waals surface area contributed by atoms with Crippen molar-refractivity contribution in [3.8, 4) is 11.5 Å². The second-order valence-corrected chi connectivity index (χ2v) is 5.98. The molecule has 0 aromatic heterocycles. The highest BCUT2D eigenvalue weighted by atomic mass is 16.5. The van der Waals surface area contributed by atoms with Gasteiger partial charge < -0.3 is 29.5 Å². The van der Waals surface area contributed by atoms with Crippen LogP contribution in [0.5, 0.6) is 11.5 Å². The molecule has 1 aromatic rings. The van der Waals surface area contributed by atoms with E-state index in [4.69, 9.17) is 19.3 Å². The second-order valence-electron chi connectivity index (χ2n) is 5.98. The number of piperazine rings is 1. The number of methoxy groups -OCH3 is 1. The molecule has 2 N–H and O–H groups in total. The van der Waals surface area contributed by atoms with Crippen molar-refractivity contribution < 1.29 is 28.9 Å². The number of carbonyl (C=O) groups excluding carboxylic acids is 1. The van der Waals surface area contributed by atoms with Crippen molar-refractivity contribution in [3.05, 3.63) is 23.8 Å². The highest BCUT2D eigenvalue weighted by Crippen LogP contribution is 2.28. The van der Waals surface area contributed by atoms with Gasteiger partial charge in [0.1, 0.15) is 0 Å². The van der Waals surface area contributed by atoms with Crippen LogP contribution in [0.3, 0.4) is 0 Å². The van der Waals surface area contributed by atoms with Gasteiger partial charge in [-0.1, -0.05) is 6.07 Å². The van der Waals surface area contributed by atoms with Gasteiger partial charge in [-0.15, -0.1) is 0 Å². The molecule has 144 valence electrons. The van der Waals surface area contributed by atoms with Gasteiger partial charge in [0.05, 0.1) is 26.7 Å².